The van der Waals surface area contributed by atoms with E-state index in [1.165, 1.54) is 5.56 Å². The number of nitrogens with one attached hydrogen (secondary N) is 2. The number of carbonyl (C=O) groups excluding carboxylic acids is 2. The number of carbonyl (C=O) groups is 2. The molecule has 0 unspecified atom stereocenters. The molecule has 2 N–H and O–H groups in total. The molecular formula is C20H29N3O3. The van der Waals surface area contributed by atoms with Crippen molar-refractivity contribution in [2.75, 3.05) is 26.2 Å². The highest BCUT2D eigenvalue weighted by Gasteiger charge is 2.34. The third kappa shape index (κ3) is 4.62. The first kappa shape index (κ1) is 18.9. The van der Waals surface area contributed by atoms with Gasteiger partial charge >= 0.3 is 0 Å². The Balaban J connectivity index is 1.44. The molecular weight excluding hydrogens is 330 g/mol. The predicted octanol–water partition coefficient (Wildman–Crippen LogP) is 1.23. The van der Waals surface area contributed by atoms with E-state index in [9.17, 15) is 9.59 Å². The predicted molar refractivity (Wildman–Crippen MR) is 99.5 cm³/mol. The molecule has 26 heavy (non-hydrogen) atoms. The van der Waals surface area contributed by atoms with Gasteiger partial charge in [0, 0.05) is 32.1 Å². The number of nitrogens with zero attached hydrogens (tertiary/aromatic N) is 1. The van der Waals surface area contributed by atoms with Gasteiger partial charge in [0.05, 0.1) is 12.7 Å². The normalized spacial score (nSPS) is 24.3. The van der Waals surface area contributed by atoms with Gasteiger partial charge in [0.15, 0.2) is 0 Å². The van der Waals surface area contributed by atoms with Crippen LogP contribution in [0.25, 0.3) is 0 Å². The highest BCUT2D eigenvalue weighted by Crippen LogP contribution is 2.19. The van der Waals surface area contributed by atoms with Gasteiger partial charge in [0.25, 0.3) is 0 Å². The van der Waals surface area contributed by atoms with Crippen LogP contribution in [-0.4, -0.2) is 55.1 Å². The standard InChI is InChI=1S/C20H29N3O3/c1-14-3-5-16(6-4-14)13-22-19(24)17-7-10-23(11-8-17)20(25)18-15(2)26-12-9-21-18/h3-6,15,17-18,21H,7-13H2,1-2H3,(H,22,24)/t15-,18+/m1/s1. The van der Waals surface area contributed by atoms with Gasteiger partial charge in [0.1, 0.15) is 6.04 Å². The van der Waals surface area contributed by atoms with Crippen LogP contribution in [0.5, 0.6) is 0 Å². The van der Waals surface area contributed by atoms with Crippen LogP contribution in [0.3, 0.4) is 0 Å². The average molecular weight is 359 g/mol. The minimum Gasteiger partial charge on any atom is -0.375 e. The van der Waals surface area contributed by atoms with Crippen molar-refractivity contribution < 1.29 is 14.3 Å². The topological polar surface area (TPSA) is 70.7 Å². The molecule has 1 aromatic rings. The zero-order chi connectivity index (χ0) is 18.5. The second-order valence-corrected chi connectivity index (χ2v) is 7.31. The minimum absolute atomic E-state index is 0.0162. The van der Waals surface area contributed by atoms with Crippen LogP contribution in [0.4, 0.5) is 0 Å². The zero-order valence-corrected chi connectivity index (χ0v) is 15.7. The Kier molecular flexibility index (Phi) is 6.27. The maximum absolute atomic E-state index is 12.7. The summed E-state index contributed by atoms with van der Waals surface area (Å²) < 4.78 is 5.57. The Morgan fingerprint density at radius 3 is 2.58 bits per heavy atom. The number of morpholine rings is 1. The zero-order valence-electron chi connectivity index (χ0n) is 15.7. The molecule has 2 atom stereocenters. The molecule has 2 amide bonds. The molecule has 2 fully saturated rings. The molecule has 3 rings (SSSR count). The van der Waals surface area contributed by atoms with Crippen molar-refractivity contribution in [3.8, 4) is 0 Å². The molecule has 0 radical (unpaired) electrons. The molecule has 1 aromatic carbocycles. The molecule has 2 heterocycles. The summed E-state index contributed by atoms with van der Waals surface area (Å²) in [5.41, 5.74) is 2.32. The van der Waals surface area contributed by atoms with Gasteiger partial charge in [-0.3, -0.25) is 9.59 Å². The summed E-state index contributed by atoms with van der Waals surface area (Å²) in [5, 5.41) is 6.27. The van der Waals surface area contributed by atoms with Crippen LogP contribution in [0.2, 0.25) is 0 Å². The van der Waals surface area contributed by atoms with Crippen LogP contribution in [-0.2, 0) is 20.9 Å². The van der Waals surface area contributed by atoms with Crippen molar-refractivity contribution in [3.63, 3.8) is 0 Å². The number of aryl methyl sites for hydroxylation is 1. The van der Waals surface area contributed by atoms with Crippen molar-refractivity contribution in [2.24, 2.45) is 5.92 Å². The molecule has 2 saturated heterocycles. The molecule has 0 spiro atoms. The van der Waals surface area contributed by atoms with Gasteiger partial charge in [-0.1, -0.05) is 29.8 Å². The lowest BCUT2D eigenvalue weighted by atomic mass is 9.95. The summed E-state index contributed by atoms with van der Waals surface area (Å²) in [6.07, 6.45) is 1.33. The van der Waals surface area contributed by atoms with Crippen molar-refractivity contribution in [1.82, 2.24) is 15.5 Å². The Morgan fingerprint density at radius 2 is 1.92 bits per heavy atom. The van der Waals surface area contributed by atoms with Crippen LogP contribution in [0, 0.1) is 12.8 Å². The second kappa shape index (κ2) is 8.64. The monoisotopic (exact) mass is 359 g/mol. The molecule has 0 bridgehead atoms. The number of amides is 2. The fourth-order valence-electron chi connectivity index (χ4n) is 3.61. The van der Waals surface area contributed by atoms with E-state index in [4.69, 9.17) is 4.74 Å². The number of rotatable bonds is 4. The number of likely N-dealkylation sites (tertiary alicyclic amines) is 1. The number of piperidine rings is 1. The van der Waals surface area contributed by atoms with E-state index in [0.717, 1.165) is 5.56 Å². The molecule has 142 valence electrons. The van der Waals surface area contributed by atoms with E-state index in [1.807, 2.05) is 30.9 Å². The quantitative estimate of drug-likeness (QED) is 0.848. The fourth-order valence-corrected chi connectivity index (χ4v) is 3.61. The van der Waals surface area contributed by atoms with E-state index in [-0.39, 0.29) is 29.9 Å². The fraction of sp³-hybridized carbons (Fsp3) is 0.600. The third-order valence-electron chi connectivity index (χ3n) is 5.35. The molecule has 6 heteroatoms. The summed E-state index contributed by atoms with van der Waals surface area (Å²) in [7, 11) is 0. The van der Waals surface area contributed by atoms with E-state index in [1.54, 1.807) is 0 Å². The summed E-state index contributed by atoms with van der Waals surface area (Å²) in [6, 6.07) is 7.91. The summed E-state index contributed by atoms with van der Waals surface area (Å²) in [4.78, 5) is 27.0. The number of benzene rings is 1. The Hall–Kier alpha value is -1.92. The van der Waals surface area contributed by atoms with Crippen molar-refractivity contribution >= 4 is 11.8 Å². The Labute approximate surface area is 155 Å². The largest absolute Gasteiger partial charge is 0.375 e. The van der Waals surface area contributed by atoms with Gasteiger partial charge in [-0.2, -0.15) is 0 Å². The van der Waals surface area contributed by atoms with Crippen LogP contribution >= 0.6 is 0 Å². The van der Waals surface area contributed by atoms with Crippen molar-refractivity contribution in [1.29, 1.82) is 0 Å². The lowest BCUT2D eigenvalue weighted by molar-refractivity contribution is -0.142. The smallest absolute Gasteiger partial charge is 0.242 e. The summed E-state index contributed by atoms with van der Waals surface area (Å²) >= 11 is 0. The summed E-state index contributed by atoms with van der Waals surface area (Å²) in [5.74, 6) is 0.165. The molecule has 0 aromatic heterocycles. The lowest BCUT2D eigenvalue weighted by Crippen LogP contribution is -2.57. The van der Waals surface area contributed by atoms with E-state index in [0.29, 0.717) is 45.6 Å². The highest BCUT2D eigenvalue weighted by atomic mass is 16.5. The van der Waals surface area contributed by atoms with Crippen LogP contribution in [0.15, 0.2) is 24.3 Å². The van der Waals surface area contributed by atoms with E-state index < -0.39 is 0 Å². The lowest BCUT2D eigenvalue weighted by Gasteiger charge is -2.37. The maximum Gasteiger partial charge on any atom is 0.242 e. The molecule has 0 saturated carbocycles. The van der Waals surface area contributed by atoms with E-state index >= 15 is 0 Å². The molecule has 6 nitrogen and oxygen atoms in total. The van der Waals surface area contributed by atoms with Gasteiger partial charge in [0.2, 0.25) is 11.8 Å². The Morgan fingerprint density at radius 1 is 1.23 bits per heavy atom. The van der Waals surface area contributed by atoms with Gasteiger partial charge in [-0.15, -0.1) is 0 Å². The molecule has 0 aliphatic carbocycles. The van der Waals surface area contributed by atoms with Crippen molar-refractivity contribution in [3.05, 3.63) is 35.4 Å². The highest BCUT2D eigenvalue weighted by molar-refractivity contribution is 5.83. The van der Waals surface area contributed by atoms with Crippen LogP contribution < -0.4 is 10.6 Å². The summed E-state index contributed by atoms with van der Waals surface area (Å²) in [6.45, 7) is 7.15. The first-order valence-electron chi connectivity index (χ1n) is 9.51. The first-order valence-corrected chi connectivity index (χ1v) is 9.51. The number of hydrogen-bond donors (Lipinski definition) is 2. The molecule has 2 aliphatic heterocycles. The maximum atomic E-state index is 12.7. The third-order valence-corrected chi connectivity index (χ3v) is 5.35. The first-order chi connectivity index (χ1) is 12.5. The Bertz CT molecular complexity index is 624. The molecule has 2 aliphatic rings. The van der Waals surface area contributed by atoms with Gasteiger partial charge < -0.3 is 20.3 Å². The minimum atomic E-state index is -0.268. The van der Waals surface area contributed by atoms with Crippen molar-refractivity contribution in [2.45, 2.75) is 45.4 Å². The SMILES string of the molecule is Cc1ccc(CNC(=O)C2CCN(C(=O)[C@H]3NCCO[C@@H]3C)CC2)cc1. The number of hydrogen-bond acceptors (Lipinski definition) is 4. The number of ether oxygens (including phenoxy) is 1. The average Bonchev–Trinajstić information content (AvgIpc) is 2.67. The van der Waals surface area contributed by atoms with E-state index in [2.05, 4.69) is 22.8 Å². The second-order valence-electron chi connectivity index (χ2n) is 7.31. The van der Waals surface area contributed by atoms with Crippen LogP contribution in [0.1, 0.15) is 30.9 Å². The van der Waals surface area contributed by atoms with Gasteiger partial charge in [-0.25, -0.2) is 0 Å². The van der Waals surface area contributed by atoms with Gasteiger partial charge in [-0.05, 0) is 32.3 Å².